The molecule has 2 amide bonds. The summed E-state index contributed by atoms with van der Waals surface area (Å²) < 4.78 is 11.0. The lowest BCUT2D eigenvalue weighted by Gasteiger charge is -2.33. The van der Waals surface area contributed by atoms with Crippen molar-refractivity contribution in [1.29, 1.82) is 0 Å². The van der Waals surface area contributed by atoms with Crippen molar-refractivity contribution in [2.45, 2.75) is 72.4 Å². The summed E-state index contributed by atoms with van der Waals surface area (Å²) in [5.41, 5.74) is 1.19. The van der Waals surface area contributed by atoms with Crippen LogP contribution in [-0.4, -0.2) is 55.7 Å². The van der Waals surface area contributed by atoms with Crippen LogP contribution in [-0.2, 0) is 16.0 Å². The third kappa shape index (κ3) is 12.2. The molecular weight excluding hydrogens is 396 g/mol. The van der Waals surface area contributed by atoms with Gasteiger partial charge >= 0.3 is 12.2 Å². The molecule has 31 heavy (non-hydrogen) atoms. The Kier molecular flexibility index (Phi) is 14.1. The van der Waals surface area contributed by atoms with Crippen molar-refractivity contribution in [3.05, 3.63) is 35.9 Å². The Balaban J connectivity index is 2.59. The molecule has 1 aromatic rings. The van der Waals surface area contributed by atoms with Crippen LogP contribution >= 0.6 is 0 Å². The Morgan fingerprint density at radius 3 is 1.87 bits per heavy atom. The fraction of sp³-hybridized carbons (Fsp3) is 0.652. The molecule has 0 radical (unpaired) electrons. The van der Waals surface area contributed by atoms with Gasteiger partial charge in [-0.1, -0.05) is 57.0 Å². The predicted molar refractivity (Wildman–Crippen MR) is 123 cm³/mol. The number of alkyl carbamates (subject to hydrolysis) is 2. The average molecular weight is 437 g/mol. The van der Waals surface area contributed by atoms with Gasteiger partial charge in [-0.2, -0.15) is 0 Å². The number of rotatable bonds is 15. The third-order valence-corrected chi connectivity index (χ3v) is 4.81. The number of ether oxygens (including phenoxy) is 2. The summed E-state index contributed by atoms with van der Waals surface area (Å²) in [6, 6.07) is 10.1. The molecule has 0 saturated heterocycles. The molecule has 0 spiro atoms. The Morgan fingerprint density at radius 2 is 1.39 bits per heavy atom. The van der Waals surface area contributed by atoms with E-state index in [4.69, 9.17) is 9.47 Å². The van der Waals surface area contributed by atoms with E-state index in [-0.39, 0.29) is 0 Å². The van der Waals surface area contributed by atoms with E-state index in [0.29, 0.717) is 26.2 Å². The van der Waals surface area contributed by atoms with Gasteiger partial charge in [-0.3, -0.25) is 0 Å². The molecule has 8 nitrogen and oxygen atoms in total. The molecule has 0 bridgehead atoms. The Labute approximate surface area is 187 Å². The Hall–Kier alpha value is -2.32. The van der Waals surface area contributed by atoms with Crippen molar-refractivity contribution in [3.63, 3.8) is 0 Å². The van der Waals surface area contributed by atoms with Crippen molar-refractivity contribution in [3.8, 4) is 0 Å². The van der Waals surface area contributed by atoms with Gasteiger partial charge in [0.25, 0.3) is 0 Å². The van der Waals surface area contributed by atoms with Crippen LogP contribution < -0.4 is 16.0 Å². The monoisotopic (exact) mass is 436 g/mol. The topological polar surface area (TPSA) is 91.9 Å². The van der Waals surface area contributed by atoms with Crippen LogP contribution in [0.1, 0.15) is 58.9 Å². The first-order valence-corrected chi connectivity index (χ1v) is 11.4. The second kappa shape index (κ2) is 16.4. The highest BCUT2D eigenvalue weighted by atomic mass is 16.6. The van der Waals surface area contributed by atoms with E-state index < -0.39 is 24.6 Å². The maximum absolute atomic E-state index is 12.1. The van der Waals surface area contributed by atoms with Crippen LogP contribution in [0.25, 0.3) is 0 Å². The molecule has 3 N–H and O–H groups in total. The molecule has 1 rings (SSSR count). The van der Waals surface area contributed by atoms with Gasteiger partial charge in [-0.05, 0) is 32.3 Å². The summed E-state index contributed by atoms with van der Waals surface area (Å²) in [6.45, 7) is 10.8. The normalized spacial score (nSPS) is 12.8. The molecule has 0 aliphatic carbocycles. The van der Waals surface area contributed by atoms with E-state index in [0.717, 1.165) is 32.2 Å². The maximum Gasteiger partial charge on any atom is 0.408 e. The number of carbonyl (C=O) groups excluding carboxylic acids is 2. The number of nitrogens with one attached hydrogen (secondary N) is 3. The van der Waals surface area contributed by atoms with Crippen LogP contribution in [0.3, 0.4) is 0 Å². The van der Waals surface area contributed by atoms with Crippen LogP contribution in [0.5, 0.6) is 0 Å². The molecule has 1 aromatic carbocycles. The number of nitrogens with zero attached hydrogens (tertiary/aromatic N) is 1. The molecule has 0 aromatic heterocycles. The fourth-order valence-electron chi connectivity index (χ4n) is 2.96. The van der Waals surface area contributed by atoms with E-state index in [1.54, 1.807) is 13.8 Å². The quantitative estimate of drug-likeness (QED) is 0.286. The van der Waals surface area contributed by atoms with Gasteiger partial charge in [-0.25, -0.2) is 14.5 Å². The number of hydrogen-bond donors (Lipinski definition) is 3. The van der Waals surface area contributed by atoms with Crippen LogP contribution in [0.2, 0.25) is 0 Å². The molecule has 2 atom stereocenters. The summed E-state index contributed by atoms with van der Waals surface area (Å²) in [5.74, 6) is 0. The minimum atomic E-state index is -0.557. The van der Waals surface area contributed by atoms with E-state index in [9.17, 15) is 9.59 Å². The van der Waals surface area contributed by atoms with E-state index in [2.05, 4.69) is 41.9 Å². The molecule has 0 fully saturated rings. The van der Waals surface area contributed by atoms with Crippen molar-refractivity contribution in [1.82, 2.24) is 20.9 Å². The zero-order chi connectivity index (χ0) is 22.9. The van der Waals surface area contributed by atoms with Gasteiger partial charge in [0, 0.05) is 32.7 Å². The standard InChI is InChI=1S/C23H40N4O4/c1-5-7-14-25-22(28)30-19(3)27(20(4)31-23(29)26-15-8-6-2)17-16-24-18-21-12-10-9-11-13-21/h9-13,19-20,24H,5-8,14-18H2,1-4H3,(H,25,28)(H,26,29). The van der Waals surface area contributed by atoms with Crippen LogP contribution in [0.15, 0.2) is 30.3 Å². The molecule has 0 heterocycles. The van der Waals surface area contributed by atoms with Gasteiger partial charge in [-0.15, -0.1) is 0 Å². The number of hydrogen-bond acceptors (Lipinski definition) is 6. The van der Waals surface area contributed by atoms with Crippen LogP contribution in [0.4, 0.5) is 9.59 Å². The van der Waals surface area contributed by atoms with Crippen molar-refractivity contribution >= 4 is 12.2 Å². The van der Waals surface area contributed by atoms with Crippen molar-refractivity contribution in [2.75, 3.05) is 26.2 Å². The first kappa shape index (κ1) is 26.7. The minimum absolute atomic E-state index is 0.470. The molecule has 2 unspecified atom stereocenters. The largest absolute Gasteiger partial charge is 0.430 e. The third-order valence-electron chi connectivity index (χ3n) is 4.81. The lowest BCUT2D eigenvalue weighted by Crippen LogP contribution is -2.49. The molecule has 8 heteroatoms. The van der Waals surface area contributed by atoms with Gasteiger partial charge in [0.2, 0.25) is 0 Å². The van der Waals surface area contributed by atoms with Crippen molar-refractivity contribution < 1.29 is 19.1 Å². The zero-order valence-corrected chi connectivity index (χ0v) is 19.5. The average Bonchev–Trinajstić information content (AvgIpc) is 2.74. The molecular formula is C23H40N4O4. The highest BCUT2D eigenvalue weighted by molar-refractivity contribution is 5.67. The van der Waals surface area contributed by atoms with Gasteiger partial charge in [0.05, 0.1) is 0 Å². The summed E-state index contributed by atoms with van der Waals surface area (Å²) in [6.07, 6.45) is 1.73. The second-order valence-electron chi connectivity index (χ2n) is 7.47. The van der Waals surface area contributed by atoms with Crippen LogP contribution in [0, 0.1) is 0 Å². The molecule has 176 valence electrons. The fourth-order valence-corrected chi connectivity index (χ4v) is 2.96. The smallest absolute Gasteiger partial charge is 0.408 e. The summed E-state index contributed by atoms with van der Waals surface area (Å²) in [4.78, 5) is 26.0. The lowest BCUT2D eigenvalue weighted by molar-refractivity contribution is -0.0907. The molecule has 0 saturated carbocycles. The summed E-state index contributed by atoms with van der Waals surface area (Å²) >= 11 is 0. The van der Waals surface area contributed by atoms with Gasteiger partial charge in [0.1, 0.15) is 0 Å². The predicted octanol–water partition coefficient (Wildman–Crippen LogP) is 3.82. The maximum atomic E-state index is 12.1. The van der Waals surface area contributed by atoms with Crippen molar-refractivity contribution in [2.24, 2.45) is 0 Å². The zero-order valence-electron chi connectivity index (χ0n) is 19.5. The van der Waals surface area contributed by atoms with Gasteiger partial charge in [0.15, 0.2) is 12.5 Å². The van der Waals surface area contributed by atoms with E-state index in [1.807, 2.05) is 23.1 Å². The first-order chi connectivity index (χ1) is 15.0. The lowest BCUT2D eigenvalue weighted by atomic mass is 10.2. The van der Waals surface area contributed by atoms with E-state index >= 15 is 0 Å². The number of benzene rings is 1. The SMILES string of the molecule is CCCCNC(=O)OC(C)N(CCNCc1ccccc1)C(C)OC(=O)NCCCC. The summed E-state index contributed by atoms with van der Waals surface area (Å²) in [7, 11) is 0. The van der Waals surface area contributed by atoms with Gasteiger partial charge < -0.3 is 25.4 Å². The Bertz CT molecular complexity index is 585. The molecule has 0 aliphatic heterocycles. The number of amides is 2. The van der Waals surface area contributed by atoms with E-state index in [1.165, 1.54) is 5.56 Å². The molecule has 0 aliphatic rings. The highest BCUT2D eigenvalue weighted by Gasteiger charge is 2.25. The second-order valence-corrected chi connectivity index (χ2v) is 7.47. The Morgan fingerprint density at radius 1 is 0.871 bits per heavy atom. The summed E-state index contributed by atoms with van der Waals surface area (Å²) in [5, 5.41) is 8.88. The highest BCUT2D eigenvalue weighted by Crippen LogP contribution is 2.09. The first-order valence-electron chi connectivity index (χ1n) is 11.4. The number of unbranched alkanes of at least 4 members (excludes halogenated alkanes) is 2. The minimum Gasteiger partial charge on any atom is -0.430 e. The number of carbonyl (C=O) groups is 2.